The predicted molar refractivity (Wildman–Crippen MR) is 152 cm³/mol. The van der Waals surface area contributed by atoms with Crippen LogP contribution in [-0.2, 0) is 17.8 Å². The lowest BCUT2D eigenvalue weighted by Gasteiger charge is -2.32. The number of piperidine rings is 1. The second-order valence-corrected chi connectivity index (χ2v) is 12.1. The molecule has 1 atom stereocenters. The molecule has 0 amide bonds. The van der Waals surface area contributed by atoms with Crippen molar-refractivity contribution < 1.29 is 8.94 Å². The van der Waals surface area contributed by atoms with E-state index < -0.39 is 11.4 Å². The van der Waals surface area contributed by atoms with Crippen LogP contribution < -0.4 is 4.90 Å². The summed E-state index contributed by atoms with van der Waals surface area (Å²) in [5.74, 6) is 2.37. The van der Waals surface area contributed by atoms with Crippen LogP contribution >= 0.6 is 22.9 Å². The highest BCUT2D eigenvalue weighted by molar-refractivity contribution is 7.89. The van der Waals surface area contributed by atoms with Crippen molar-refractivity contribution in [3.8, 4) is 11.3 Å². The molecule has 196 valence electrons. The molecule has 0 bridgehead atoms. The first-order valence-electron chi connectivity index (χ1n) is 12.6. The zero-order valence-electron chi connectivity index (χ0n) is 21.1. The summed E-state index contributed by atoms with van der Waals surface area (Å²) in [5, 5.41) is 2.86. The van der Waals surface area contributed by atoms with Gasteiger partial charge < -0.3 is 9.45 Å². The van der Waals surface area contributed by atoms with Crippen molar-refractivity contribution in [3.63, 3.8) is 0 Å². The quantitative estimate of drug-likeness (QED) is 0.175. The van der Waals surface area contributed by atoms with Crippen LogP contribution in [0.3, 0.4) is 0 Å². The van der Waals surface area contributed by atoms with E-state index in [1.807, 2.05) is 12.4 Å². The Bertz CT molecular complexity index is 1340. The third kappa shape index (κ3) is 5.66. The van der Waals surface area contributed by atoms with Crippen molar-refractivity contribution >= 4 is 50.9 Å². The largest absolute Gasteiger partial charge is 0.598 e. The minimum atomic E-state index is -0.939. The van der Waals surface area contributed by atoms with Crippen molar-refractivity contribution in [2.75, 3.05) is 36.7 Å². The van der Waals surface area contributed by atoms with E-state index in [1.54, 1.807) is 23.5 Å². The van der Waals surface area contributed by atoms with Crippen LogP contribution in [0.5, 0.6) is 0 Å². The first kappa shape index (κ1) is 26.4. The average molecular weight is 560 g/mol. The topological polar surface area (TPSA) is 59.7 Å². The summed E-state index contributed by atoms with van der Waals surface area (Å²) in [7, 11) is 2.03. The smallest absolute Gasteiger partial charge is 0.191 e. The number of anilines is 2. The van der Waals surface area contributed by atoms with Crippen LogP contribution in [0.2, 0.25) is 0 Å². The second-order valence-electron chi connectivity index (χ2n) is 9.28. The molecule has 0 spiro atoms. The molecule has 4 aromatic rings. The Morgan fingerprint density at radius 1 is 1.16 bits per heavy atom. The summed E-state index contributed by atoms with van der Waals surface area (Å²) in [6.07, 6.45) is 5.76. The van der Waals surface area contributed by atoms with Gasteiger partial charge in [-0.3, -0.25) is 4.40 Å². The van der Waals surface area contributed by atoms with Gasteiger partial charge in [0.25, 0.3) is 0 Å². The highest BCUT2D eigenvalue weighted by Gasteiger charge is 2.28. The molecule has 10 heteroatoms. The molecule has 0 aliphatic carbocycles. The van der Waals surface area contributed by atoms with Crippen LogP contribution in [0, 0.1) is 5.82 Å². The zero-order valence-corrected chi connectivity index (χ0v) is 23.5. The van der Waals surface area contributed by atoms with Gasteiger partial charge in [0.15, 0.2) is 5.13 Å². The monoisotopic (exact) mass is 559 g/mol. The van der Waals surface area contributed by atoms with Gasteiger partial charge in [0.05, 0.1) is 11.4 Å². The van der Waals surface area contributed by atoms with E-state index in [2.05, 4.69) is 38.9 Å². The van der Waals surface area contributed by atoms with E-state index in [0.29, 0.717) is 17.6 Å². The molecular formula is C27H31ClFN5OS2. The number of hydrogen-bond donors (Lipinski definition) is 0. The third-order valence-electron chi connectivity index (χ3n) is 6.92. The van der Waals surface area contributed by atoms with Crippen molar-refractivity contribution in [2.45, 2.75) is 38.5 Å². The molecular weight excluding hydrogens is 529 g/mol. The predicted octanol–water partition coefficient (Wildman–Crippen LogP) is 6.40. The number of fused-ring (bicyclic) bond motifs is 1. The van der Waals surface area contributed by atoms with Gasteiger partial charge in [-0.1, -0.05) is 13.0 Å². The molecule has 37 heavy (non-hydrogen) atoms. The number of pyridine rings is 1. The molecule has 1 saturated heterocycles. The Labute approximate surface area is 229 Å². The van der Waals surface area contributed by atoms with Gasteiger partial charge in [-0.05, 0) is 61.1 Å². The summed E-state index contributed by atoms with van der Waals surface area (Å²) in [6.45, 7) is 3.78. The first-order valence-corrected chi connectivity index (χ1v) is 15.3. The fourth-order valence-corrected chi connectivity index (χ4v) is 7.25. The number of nitrogens with zero attached hydrogens (tertiary/aromatic N) is 5. The molecule has 1 aliphatic rings. The first-order chi connectivity index (χ1) is 18.0. The van der Waals surface area contributed by atoms with Gasteiger partial charge in [0.1, 0.15) is 23.0 Å². The number of hydrogen-bond acceptors (Lipinski definition) is 6. The van der Waals surface area contributed by atoms with E-state index in [1.165, 1.54) is 17.7 Å². The maximum absolute atomic E-state index is 13.4. The van der Waals surface area contributed by atoms with E-state index in [-0.39, 0.29) is 5.82 Å². The van der Waals surface area contributed by atoms with Crippen LogP contribution in [0.1, 0.15) is 43.4 Å². The van der Waals surface area contributed by atoms with Gasteiger partial charge in [-0.25, -0.2) is 14.4 Å². The summed E-state index contributed by atoms with van der Waals surface area (Å²) in [6, 6.07) is 10.7. The molecule has 6 nitrogen and oxygen atoms in total. The Hall–Kier alpha value is -2.17. The normalized spacial score (nSPS) is 15.9. The maximum Gasteiger partial charge on any atom is 0.191 e. The number of thiazole rings is 1. The number of alkyl halides is 1. The SMILES string of the molecule is CCc1nc2ccc(C3CCN([S+]([O-])CCCCl)CC3)cn2c1N(C)c1nc(-c2ccc(F)cc2)cs1. The Kier molecular flexibility index (Phi) is 8.36. The summed E-state index contributed by atoms with van der Waals surface area (Å²) >= 11 is 6.40. The van der Waals surface area contributed by atoms with Crippen molar-refractivity contribution in [1.29, 1.82) is 0 Å². The molecule has 5 rings (SSSR count). The van der Waals surface area contributed by atoms with E-state index in [4.69, 9.17) is 21.6 Å². The number of aromatic nitrogens is 3. The number of benzene rings is 1. The standard InChI is InChI=1S/C27H31ClFN5OS2/c1-3-23-26(32(2)27-31-24(18-36-27)20-5-8-22(29)9-6-20)34-17-21(7-10-25(34)30-23)19-11-14-33(15-12-19)37(35)16-4-13-28/h5-10,17-19H,3-4,11-16H2,1-2H3. The highest BCUT2D eigenvalue weighted by Crippen LogP contribution is 2.35. The Balaban J connectivity index is 1.39. The van der Waals surface area contributed by atoms with E-state index in [0.717, 1.165) is 72.3 Å². The Morgan fingerprint density at radius 3 is 2.62 bits per heavy atom. The zero-order chi connectivity index (χ0) is 25.9. The molecule has 1 fully saturated rings. The lowest BCUT2D eigenvalue weighted by molar-refractivity contribution is 0.319. The molecule has 3 aromatic heterocycles. The number of aryl methyl sites for hydroxylation is 1. The van der Waals surface area contributed by atoms with Gasteiger partial charge in [-0.15, -0.1) is 27.2 Å². The van der Waals surface area contributed by atoms with Crippen LogP contribution in [0.25, 0.3) is 16.9 Å². The van der Waals surface area contributed by atoms with Crippen LogP contribution in [-0.4, -0.2) is 55.0 Å². The third-order valence-corrected chi connectivity index (χ3v) is 9.69. The molecule has 0 radical (unpaired) electrons. The van der Waals surface area contributed by atoms with Crippen molar-refractivity contribution in [3.05, 3.63) is 65.0 Å². The molecule has 1 aromatic carbocycles. The van der Waals surface area contributed by atoms with Gasteiger partial charge in [-0.2, -0.15) is 0 Å². The number of rotatable bonds is 9. The van der Waals surface area contributed by atoms with Gasteiger partial charge >= 0.3 is 0 Å². The van der Waals surface area contributed by atoms with Crippen molar-refractivity contribution in [2.24, 2.45) is 0 Å². The molecule has 4 heterocycles. The molecule has 0 N–H and O–H groups in total. The van der Waals surface area contributed by atoms with Gasteiger partial charge in [0.2, 0.25) is 0 Å². The second kappa shape index (κ2) is 11.7. The molecule has 0 saturated carbocycles. The Morgan fingerprint density at radius 2 is 1.92 bits per heavy atom. The van der Waals surface area contributed by atoms with E-state index >= 15 is 0 Å². The summed E-state index contributed by atoms with van der Waals surface area (Å²) in [4.78, 5) is 11.8. The minimum Gasteiger partial charge on any atom is -0.598 e. The summed E-state index contributed by atoms with van der Waals surface area (Å²) in [5.41, 5.74) is 4.93. The average Bonchev–Trinajstić information content (AvgIpc) is 3.57. The van der Waals surface area contributed by atoms with Gasteiger partial charge in [0, 0.05) is 60.9 Å². The number of imidazole rings is 1. The maximum atomic E-state index is 13.4. The number of halogens is 2. The highest BCUT2D eigenvalue weighted by atomic mass is 35.5. The fourth-order valence-electron chi connectivity index (χ4n) is 4.89. The van der Waals surface area contributed by atoms with Crippen LogP contribution in [0.4, 0.5) is 15.3 Å². The summed E-state index contributed by atoms with van der Waals surface area (Å²) < 4.78 is 30.1. The lowest BCUT2D eigenvalue weighted by atomic mass is 9.91. The van der Waals surface area contributed by atoms with Crippen molar-refractivity contribution in [1.82, 2.24) is 18.7 Å². The minimum absolute atomic E-state index is 0.254. The molecule has 1 aliphatic heterocycles. The lowest BCUT2D eigenvalue weighted by Crippen LogP contribution is -2.39. The fraction of sp³-hybridized carbons (Fsp3) is 0.407. The van der Waals surface area contributed by atoms with E-state index in [9.17, 15) is 8.94 Å². The van der Waals surface area contributed by atoms with Crippen LogP contribution in [0.15, 0.2) is 48.0 Å². The molecule has 1 unspecified atom stereocenters.